The van der Waals surface area contributed by atoms with E-state index in [0.29, 0.717) is 15.9 Å². The van der Waals surface area contributed by atoms with Crippen LogP contribution in [0.2, 0.25) is 0 Å². The predicted octanol–water partition coefficient (Wildman–Crippen LogP) is 4.66. The van der Waals surface area contributed by atoms with Gasteiger partial charge in [0.2, 0.25) is 0 Å². The van der Waals surface area contributed by atoms with E-state index in [4.69, 9.17) is 16.6 Å². The van der Waals surface area contributed by atoms with Crippen molar-refractivity contribution in [1.29, 1.82) is 0 Å². The van der Waals surface area contributed by atoms with Gasteiger partial charge in [0, 0.05) is 0 Å². The molecule has 1 atom stereocenters. The number of imidazole rings is 1. The third kappa shape index (κ3) is 1.98. The molecule has 0 saturated heterocycles. The molecule has 104 valence electrons. The van der Waals surface area contributed by atoms with E-state index in [-0.39, 0.29) is 11.9 Å². The topological polar surface area (TPSA) is 33.9 Å². The Hall–Kier alpha value is -1.88. The number of furan rings is 1. The Kier molecular flexibility index (Phi) is 3.01. The van der Waals surface area contributed by atoms with E-state index in [1.807, 2.05) is 36.6 Å². The van der Waals surface area contributed by atoms with E-state index in [1.165, 1.54) is 6.07 Å². The Morgan fingerprint density at radius 1 is 1.30 bits per heavy atom. The summed E-state index contributed by atoms with van der Waals surface area (Å²) in [7, 11) is 0. The second kappa shape index (κ2) is 4.59. The van der Waals surface area contributed by atoms with Crippen LogP contribution in [0.1, 0.15) is 30.0 Å². The van der Waals surface area contributed by atoms with Crippen LogP contribution in [0.3, 0.4) is 0 Å². The summed E-state index contributed by atoms with van der Waals surface area (Å²) in [6.07, 6.45) is 0. The second-order valence-corrected chi connectivity index (χ2v) is 5.43. The first-order chi connectivity index (χ1) is 9.47. The molecule has 0 amide bonds. The molecule has 0 spiro atoms. The molecular weight excluding hydrogens is 275 g/mol. The first-order valence-corrected chi connectivity index (χ1v) is 6.85. The molecule has 0 bridgehead atoms. The molecule has 2 heterocycles. The SMILES string of the molecule is Cc1ccc(C(C)n2c(=S)[nH]c3cc(F)c(C)cc32)o1. The number of rotatable bonds is 2. The molecule has 1 N–H and O–H groups in total. The molecule has 0 aliphatic heterocycles. The summed E-state index contributed by atoms with van der Waals surface area (Å²) in [6.45, 7) is 5.67. The van der Waals surface area contributed by atoms with Crippen molar-refractivity contribution in [2.75, 3.05) is 0 Å². The standard InChI is InChI=1S/C15H15FN2OS/c1-8-6-13-12(7-11(8)16)17-15(20)18(13)10(3)14-5-4-9(2)19-14/h4-7,10H,1-3H3,(H,17,20). The van der Waals surface area contributed by atoms with E-state index >= 15 is 0 Å². The lowest BCUT2D eigenvalue weighted by Crippen LogP contribution is -2.06. The average molecular weight is 290 g/mol. The fourth-order valence-corrected chi connectivity index (χ4v) is 2.81. The number of H-pyrrole nitrogens is 1. The second-order valence-electron chi connectivity index (χ2n) is 5.04. The highest BCUT2D eigenvalue weighted by molar-refractivity contribution is 7.71. The fraction of sp³-hybridized carbons (Fsp3) is 0.267. The maximum Gasteiger partial charge on any atom is 0.178 e. The molecule has 20 heavy (non-hydrogen) atoms. The zero-order valence-electron chi connectivity index (χ0n) is 11.5. The Morgan fingerprint density at radius 2 is 2.05 bits per heavy atom. The summed E-state index contributed by atoms with van der Waals surface area (Å²) in [5.41, 5.74) is 2.19. The van der Waals surface area contributed by atoms with Crippen molar-refractivity contribution >= 4 is 23.3 Å². The van der Waals surface area contributed by atoms with Gasteiger partial charge in [-0.05, 0) is 62.8 Å². The average Bonchev–Trinajstić information content (AvgIpc) is 2.93. The Morgan fingerprint density at radius 3 is 2.70 bits per heavy atom. The van der Waals surface area contributed by atoms with Crippen molar-refractivity contribution in [3.63, 3.8) is 0 Å². The largest absolute Gasteiger partial charge is 0.464 e. The number of aromatic nitrogens is 2. The number of aryl methyl sites for hydroxylation is 2. The lowest BCUT2D eigenvalue weighted by molar-refractivity contribution is 0.431. The van der Waals surface area contributed by atoms with Gasteiger partial charge in [-0.25, -0.2) is 4.39 Å². The molecule has 0 saturated carbocycles. The highest BCUT2D eigenvalue weighted by atomic mass is 32.1. The summed E-state index contributed by atoms with van der Waals surface area (Å²) >= 11 is 5.37. The minimum absolute atomic E-state index is 0.0465. The van der Waals surface area contributed by atoms with Gasteiger partial charge in [0.05, 0.1) is 17.1 Å². The normalized spacial score (nSPS) is 13.0. The fourth-order valence-electron chi connectivity index (χ4n) is 2.44. The molecule has 0 aliphatic carbocycles. The number of fused-ring (bicyclic) bond motifs is 1. The molecule has 5 heteroatoms. The smallest absolute Gasteiger partial charge is 0.178 e. The summed E-state index contributed by atoms with van der Waals surface area (Å²) < 4.78 is 21.8. The van der Waals surface area contributed by atoms with Crippen molar-refractivity contribution in [3.8, 4) is 0 Å². The van der Waals surface area contributed by atoms with Crippen molar-refractivity contribution in [1.82, 2.24) is 9.55 Å². The Balaban J connectivity index is 2.23. The molecular formula is C15H15FN2OS. The molecule has 0 aliphatic rings. The van der Waals surface area contributed by atoms with Crippen molar-refractivity contribution in [3.05, 3.63) is 51.9 Å². The summed E-state index contributed by atoms with van der Waals surface area (Å²) in [6, 6.07) is 7.11. The van der Waals surface area contributed by atoms with Crippen molar-refractivity contribution in [2.24, 2.45) is 0 Å². The number of hydrogen-bond acceptors (Lipinski definition) is 2. The highest BCUT2D eigenvalue weighted by Crippen LogP contribution is 2.27. The van der Waals surface area contributed by atoms with Gasteiger partial charge in [-0.15, -0.1) is 0 Å². The van der Waals surface area contributed by atoms with Crippen LogP contribution in [0.15, 0.2) is 28.7 Å². The molecule has 0 radical (unpaired) electrons. The molecule has 2 aromatic heterocycles. The van der Waals surface area contributed by atoms with Crippen LogP contribution < -0.4 is 0 Å². The number of hydrogen-bond donors (Lipinski definition) is 1. The van der Waals surface area contributed by atoms with Gasteiger partial charge in [-0.1, -0.05) is 0 Å². The Labute approximate surface area is 121 Å². The maximum absolute atomic E-state index is 13.6. The van der Waals surface area contributed by atoms with Crippen molar-refractivity contribution in [2.45, 2.75) is 26.8 Å². The third-order valence-corrected chi connectivity index (χ3v) is 3.86. The van der Waals surface area contributed by atoms with E-state index < -0.39 is 0 Å². The number of benzene rings is 1. The first kappa shape index (κ1) is 13.1. The monoisotopic (exact) mass is 290 g/mol. The zero-order chi connectivity index (χ0) is 14.4. The van der Waals surface area contributed by atoms with Gasteiger partial charge in [0.1, 0.15) is 17.3 Å². The minimum atomic E-state index is -0.234. The van der Waals surface area contributed by atoms with E-state index in [0.717, 1.165) is 17.0 Å². The van der Waals surface area contributed by atoms with Crippen LogP contribution in [-0.4, -0.2) is 9.55 Å². The van der Waals surface area contributed by atoms with Crippen LogP contribution in [-0.2, 0) is 0 Å². The van der Waals surface area contributed by atoms with Gasteiger partial charge >= 0.3 is 0 Å². The van der Waals surface area contributed by atoms with Gasteiger partial charge in [-0.2, -0.15) is 0 Å². The number of nitrogens with one attached hydrogen (secondary N) is 1. The van der Waals surface area contributed by atoms with Gasteiger partial charge in [0.15, 0.2) is 4.77 Å². The zero-order valence-corrected chi connectivity index (χ0v) is 12.3. The molecule has 0 fully saturated rings. The lowest BCUT2D eigenvalue weighted by Gasteiger charge is -2.12. The molecule has 1 unspecified atom stereocenters. The molecule has 1 aromatic carbocycles. The summed E-state index contributed by atoms with van der Waals surface area (Å²) in [5, 5.41) is 0. The number of aromatic amines is 1. The van der Waals surface area contributed by atoms with Gasteiger partial charge < -0.3 is 14.0 Å². The van der Waals surface area contributed by atoms with Crippen molar-refractivity contribution < 1.29 is 8.81 Å². The first-order valence-electron chi connectivity index (χ1n) is 6.44. The van der Waals surface area contributed by atoms with Gasteiger partial charge in [-0.3, -0.25) is 0 Å². The number of halogens is 1. The molecule has 3 rings (SSSR count). The summed E-state index contributed by atoms with van der Waals surface area (Å²) in [5.74, 6) is 1.46. The third-order valence-electron chi connectivity index (χ3n) is 3.56. The van der Waals surface area contributed by atoms with Crippen LogP contribution in [0.4, 0.5) is 4.39 Å². The molecule has 3 aromatic rings. The summed E-state index contributed by atoms with van der Waals surface area (Å²) in [4.78, 5) is 3.05. The lowest BCUT2D eigenvalue weighted by atomic mass is 10.2. The minimum Gasteiger partial charge on any atom is -0.464 e. The van der Waals surface area contributed by atoms with E-state index in [9.17, 15) is 4.39 Å². The maximum atomic E-state index is 13.6. The van der Waals surface area contributed by atoms with Crippen LogP contribution in [0, 0.1) is 24.4 Å². The van der Waals surface area contributed by atoms with Crippen LogP contribution >= 0.6 is 12.2 Å². The Bertz CT molecular complexity index is 843. The van der Waals surface area contributed by atoms with Crippen LogP contribution in [0.5, 0.6) is 0 Å². The predicted molar refractivity (Wildman–Crippen MR) is 79.1 cm³/mol. The highest BCUT2D eigenvalue weighted by Gasteiger charge is 2.17. The van der Waals surface area contributed by atoms with Gasteiger partial charge in [0.25, 0.3) is 0 Å². The van der Waals surface area contributed by atoms with Crippen LogP contribution in [0.25, 0.3) is 11.0 Å². The molecule has 3 nitrogen and oxygen atoms in total. The van der Waals surface area contributed by atoms with E-state index in [1.54, 1.807) is 6.92 Å². The van der Waals surface area contributed by atoms with E-state index in [2.05, 4.69) is 4.98 Å². The quantitative estimate of drug-likeness (QED) is 0.697. The number of nitrogens with zero attached hydrogens (tertiary/aromatic N) is 1.